The van der Waals surface area contributed by atoms with Gasteiger partial charge in [0, 0.05) is 0 Å². The predicted octanol–water partition coefficient (Wildman–Crippen LogP) is 1.26. The van der Waals surface area contributed by atoms with Gasteiger partial charge < -0.3 is 10.8 Å². The summed E-state index contributed by atoms with van der Waals surface area (Å²) in [7, 11) is 0. The largest absolute Gasteiger partial charge is 0.480 e. The van der Waals surface area contributed by atoms with E-state index in [1.165, 1.54) is 18.2 Å². The molecular weight excluding hydrogens is 197 g/mol. The molecule has 0 spiro atoms. The van der Waals surface area contributed by atoms with Gasteiger partial charge in [0.2, 0.25) is 0 Å². The molecular formula is C11H12FNO2. The Hall–Kier alpha value is -1.42. The Labute approximate surface area is 86.7 Å². The van der Waals surface area contributed by atoms with E-state index in [9.17, 15) is 9.18 Å². The second-order valence-corrected chi connectivity index (χ2v) is 4.08. The van der Waals surface area contributed by atoms with Gasteiger partial charge in [-0.25, -0.2) is 9.18 Å². The van der Waals surface area contributed by atoms with E-state index in [0.29, 0.717) is 17.5 Å². The summed E-state index contributed by atoms with van der Waals surface area (Å²) < 4.78 is 13.0. The van der Waals surface area contributed by atoms with E-state index in [0.717, 1.165) is 0 Å². The van der Waals surface area contributed by atoms with E-state index in [-0.39, 0.29) is 11.7 Å². The zero-order chi connectivity index (χ0) is 11.2. The summed E-state index contributed by atoms with van der Waals surface area (Å²) in [4.78, 5) is 11.2. The molecule has 3 N–H and O–H groups in total. The van der Waals surface area contributed by atoms with Crippen LogP contribution in [0.2, 0.25) is 0 Å². The number of benzene rings is 1. The fraction of sp³-hybridized carbons (Fsp3) is 0.364. The number of rotatable bonds is 1. The molecule has 1 aromatic rings. The zero-order valence-corrected chi connectivity index (χ0v) is 8.33. The summed E-state index contributed by atoms with van der Waals surface area (Å²) in [5.74, 6) is -1.62. The van der Waals surface area contributed by atoms with Crippen molar-refractivity contribution in [3.05, 3.63) is 35.1 Å². The number of carbonyl (C=O) groups is 1. The molecule has 3 nitrogen and oxygen atoms in total. The monoisotopic (exact) mass is 209 g/mol. The second-order valence-electron chi connectivity index (χ2n) is 4.08. The molecule has 80 valence electrons. The van der Waals surface area contributed by atoms with Crippen LogP contribution in [0.5, 0.6) is 0 Å². The molecule has 0 fully saturated rings. The van der Waals surface area contributed by atoms with Crippen LogP contribution in [-0.2, 0) is 16.8 Å². The van der Waals surface area contributed by atoms with Gasteiger partial charge in [-0.15, -0.1) is 0 Å². The lowest BCUT2D eigenvalue weighted by atomic mass is 9.86. The molecule has 0 saturated heterocycles. The molecule has 1 aliphatic rings. The molecule has 15 heavy (non-hydrogen) atoms. The van der Waals surface area contributed by atoms with Gasteiger partial charge >= 0.3 is 5.97 Å². The second kappa shape index (κ2) is 3.03. The first-order chi connectivity index (χ1) is 6.96. The Bertz CT molecular complexity index is 433. The van der Waals surface area contributed by atoms with Gasteiger partial charge in [0.05, 0.1) is 0 Å². The van der Waals surface area contributed by atoms with Crippen LogP contribution in [0.1, 0.15) is 18.1 Å². The van der Waals surface area contributed by atoms with Crippen molar-refractivity contribution < 1.29 is 14.3 Å². The lowest BCUT2D eigenvalue weighted by Gasteiger charge is -2.24. The van der Waals surface area contributed by atoms with Gasteiger partial charge in [-0.1, -0.05) is 13.0 Å². The van der Waals surface area contributed by atoms with Crippen molar-refractivity contribution in [1.82, 2.24) is 0 Å². The summed E-state index contributed by atoms with van der Waals surface area (Å²) in [6, 6.07) is 4.09. The number of fused-ring (bicyclic) bond motifs is 1. The van der Waals surface area contributed by atoms with Crippen molar-refractivity contribution in [3.8, 4) is 0 Å². The fourth-order valence-corrected chi connectivity index (χ4v) is 2.22. The van der Waals surface area contributed by atoms with Crippen LogP contribution >= 0.6 is 0 Å². The highest BCUT2D eigenvalue weighted by atomic mass is 19.1. The van der Waals surface area contributed by atoms with Crippen LogP contribution in [0.4, 0.5) is 4.39 Å². The minimum absolute atomic E-state index is 0.216. The van der Waals surface area contributed by atoms with Crippen LogP contribution in [0.25, 0.3) is 0 Å². The van der Waals surface area contributed by atoms with E-state index >= 15 is 0 Å². The summed E-state index contributed by atoms with van der Waals surface area (Å²) >= 11 is 0. The molecule has 1 aromatic carbocycles. The van der Waals surface area contributed by atoms with Crippen LogP contribution in [0.15, 0.2) is 18.2 Å². The molecule has 0 saturated carbocycles. The third-order valence-electron chi connectivity index (χ3n) is 3.17. The molecule has 0 aliphatic heterocycles. The number of carboxylic acid groups (broad SMARTS) is 1. The minimum atomic E-state index is -1.37. The van der Waals surface area contributed by atoms with E-state index in [2.05, 4.69) is 0 Å². The van der Waals surface area contributed by atoms with Gasteiger partial charge in [0.1, 0.15) is 11.4 Å². The van der Waals surface area contributed by atoms with Crippen LogP contribution < -0.4 is 5.73 Å². The van der Waals surface area contributed by atoms with E-state index in [1.54, 1.807) is 6.92 Å². The van der Waals surface area contributed by atoms with Crippen molar-refractivity contribution >= 4 is 5.97 Å². The topological polar surface area (TPSA) is 63.3 Å². The summed E-state index contributed by atoms with van der Waals surface area (Å²) in [6.45, 7) is 1.77. The quantitative estimate of drug-likeness (QED) is 0.731. The van der Waals surface area contributed by atoms with Crippen LogP contribution in [0, 0.1) is 11.7 Å². The van der Waals surface area contributed by atoms with Gasteiger partial charge in [0.25, 0.3) is 0 Å². The summed E-state index contributed by atoms with van der Waals surface area (Å²) in [6.07, 6.45) is 0.510. The number of halogens is 1. The Morgan fingerprint density at radius 1 is 1.67 bits per heavy atom. The third-order valence-corrected chi connectivity index (χ3v) is 3.17. The smallest absolute Gasteiger partial charge is 0.328 e. The van der Waals surface area contributed by atoms with Crippen LogP contribution in [-0.4, -0.2) is 11.1 Å². The number of hydrogen-bond acceptors (Lipinski definition) is 2. The fourth-order valence-electron chi connectivity index (χ4n) is 2.22. The number of carboxylic acids is 1. The normalized spacial score (nSPS) is 28.9. The highest BCUT2D eigenvalue weighted by molar-refractivity contribution is 5.82. The average molecular weight is 209 g/mol. The average Bonchev–Trinajstić information content (AvgIpc) is 2.39. The van der Waals surface area contributed by atoms with Crippen molar-refractivity contribution in [1.29, 1.82) is 0 Å². The van der Waals surface area contributed by atoms with Gasteiger partial charge in [0.15, 0.2) is 0 Å². The number of hydrogen-bond donors (Lipinski definition) is 2. The molecule has 0 aromatic heterocycles. The maximum atomic E-state index is 13.0. The molecule has 0 amide bonds. The summed E-state index contributed by atoms with van der Waals surface area (Å²) in [5, 5.41) is 9.14. The third kappa shape index (κ3) is 1.25. The molecule has 1 aliphatic carbocycles. The predicted molar refractivity (Wildman–Crippen MR) is 52.8 cm³/mol. The van der Waals surface area contributed by atoms with E-state index in [1.807, 2.05) is 0 Å². The Kier molecular flexibility index (Phi) is 2.04. The van der Waals surface area contributed by atoms with Crippen molar-refractivity contribution in [2.24, 2.45) is 11.7 Å². The molecule has 0 radical (unpaired) electrons. The van der Waals surface area contributed by atoms with Crippen molar-refractivity contribution in [2.45, 2.75) is 18.9 Å². The van der Waals surface area contributed by atoms with Crippen molar-refractivity contribution in [2.75, 3.05) is 0 Å². The molecule has 2 unspecified atom stereocenters. The standard InChI is InChI=1S/C11H12FNO2/c1-6-4-7-5-8(12)2-3-9(7)11(6,13)10(14)15/h2-3,5-6H,4,13H2,1H3,(H,14,15). The maximum absolute atomic E-state index is 13.0. The number of nitrogens with two attached hydrogens (primary N) is 1. The number of aliphatic carboxylic acids is 1. The zero-order valence-electron chi connectivity index (χ0n) is 8.33. The first-order valence-electron chi connectivity index (χ1n) is 4.77. The molecule has 0 heterocycles. The highest BCUT2D eigenvalue weighted by Crippen LogP contribution is 2.39. The van der Waals surface area contributed by atoms with E-state index in [4.69, 9.17) is 10.8 Å². The van der Waals surface area contributed by atoms with Crippen LogP contribution in [0.3, 0.4) is 0 Å². The maximum Gasteiger partial charge on any atom is 0.328 e. The SMILES string of the molecule is CC1Cc2cc(F)ccc2C1(N)C(=O)O. The van der Waals surface area contributed by atoms with Gasteiger partial charge in [-0.2, -0.15) is 0 Å². The van der Waals surface area contributed by atoms with Crippen molar-refractivity contribution in [3.63, 3.8) is 0 Å². The van der Waals surface area contributed by atoms with E-state index < -0.39 is 11.5 Å². The Morgan fingerprint density at radius 2 is 2.33 bits per heavy atom. The lowest BCUT2D eigenvalue weighted by molar-refractivity contribution is -0.145. The first-order valence-corrected chi connectivity index (χ1v) is 4.77. The summed E-state index contributed by atoms with van der Waals surface area (Å²) in [5.41, 5.74) is 5.75. The lowest BCUT2D eigenvalue weighted by Crippen LogP contribution is -2.47. The molecule has 4 heteroatoms. The molecule has 0 bridgehead atoms. The van der Waals surface area contributed by atoms with Gasteiger partial charge in [-0.3, -0.25) is 0 Å². The Morgan fingerprint density at radius 3 is 2.93 bits per heavy atom. The first kappa shape index (κ1) is 10.1. The Balaban J connectivity index is 2.60. The molecule has 2 rings (SSSR count). The molecule has 2 atom stereocenters. The highest BCUT2D eigenvalue weighted by Gasteiger charge is 2.47. The minimum Gasteiger partial charge on any atom is -0.480 e. The van der Waals surface area contributed by atoms with Gasteiger partial charge in [-0.05, 0) is 35.6 Å².